The second-order valence-corrected chi connectivity index (χ2v) is 5.75. The van der Waals surface area contributed by atoms with E-state index in [1.165, 1.54) is 17.7 Å². The minimum absolute atomic E-state index is 0.230. The van der Waals surface area contributed by atoms with E-state index in [1.54, 1.807) is 12.1 Å². The average molecular weight is 311 g/mol. The second-order valence-electron chi connectivity index (χ2n) is 5.22. The minimum atomic E-state index is -0.326. The Labute approximate surface area is 129 Å². The van der Waals surface area contributed by atoms with Crippen LogP contribution in [0.4, 0.5) is 4.39 Å². The smallest absolute Gasteiger partial charge is 0.123 e. The number of hydrogen-bond donors (Lipinski definition) is 0. The molecule has 2 rings (SSSR count). The zero-order chi connectivity index (χ0) is 14.6. The van der Waals surface area contributed by atoms with Crippen LogP contribution in [-0.2, 0) is 11.8 Å². The number of rotatable bonds is 5. The predicted octanol–water partition coefficient (Wildman–Crippen LogP) is 5.09. The Morgan fingerprint density at radius 3 is 2.20 bits per heavy atom. The van der Waals surface area contributed by atoms with Gasteiger partial charge in [-0.25, -0.2) is 4.39 Å². The monoisotopic (exact) mass is 310 g/mol. The summed E-state index contributed by atoms with van der Waals surface area (Å²) in [6, 6.07) is 14.8. The van der Waals surface area contributed by atoms with Crippen molar-refractivity contribution in [3.05, 3.63) is 71.0 Å². The summed E-state index contributed by atoms with van der Waals surface area (Å²) in [7, 11) is 0. The van der Waals surface area contributed by atoms with Gasteiger partial charge in [-0.15, -0.1) is 23.2 Å². The third-order valence-electron chi connectivity index (χ3n) is 3.60. The van der Waals surface area contributed by atoms with Crippen LogP contribution in [-0.4, -0.2) is 11.8 Å². The molecule has 0 nitrogen and oxygen atoms in total. The van der Waals surface area contributed by atoms with Crippen molar-refractivity contribution in [3.63, 3.8) is 0 Å². The summed E-state index contributed by atoms with van der Waals surface area (Å²) in [4.78, 5) is 0. The quantitative estimate of drug-likeness (QED) is 0.675. The molecule has 0 bridgehead atoms. The van der Waals surface area contributed by atoms with E-state index in [4.69, 9.17) is 23.2 Å². The maximum absolute atomic E-state index is 13.0. The highest BCUT2D eigenvalue weighted by Crippen LogP contribution is 2.32. The van der Waals surface area contributed by atoms with Crippen molar-refractivity contribution in [2.45, 2.75) is 18.8 Å². The zero-order valence-electron chi connectivity index (χ0n) is 11.4. The molecule has 20 heavy (non-hydrogen) atoms. The van der Waals surface area contributed by atoms with Crippen molar-refractivity contribution < 1.29 is 4.39 Å². The molecule has 0 heterocycles. The van der Waals surface area contributed by atoms with Crippen molar-refractivity contribution in [2.75, 3.05) is 11.8 Å². The lowest BCUT2D eigenvalue weighted by molar-refractivity contribution is 0.534. The maximum atomic E-state index is 13.0. The lowest BCUT2D eigenvalue weighted by Crippen LogP contribution is -2.33. The van der Waals surface area contributed by atoms with E-state index in [9.17, 15) is 4.39 Å². The van der Waals surface area contributed by atoms with Gasteiger partial charge >= 0.3 is 0 Å². The van der Waals surface area contributed by atoms with Gasteiger partial charge in [-0.2, -0.15) is 0 Å². The van der Waals surface area contributed by atoms with E-state index >= 15 is 0 Å². The van der Waals surface area contributed by atoms with Gasteiger partial charge in [0.15, 0.2) is 0 Å². The zero-order valence-corrected chi connectivity index (χ0v) is 12.9. The average Bonchev–Trinajstić information content (AvgIpc) is 2.47. The normalized spacial score (nSPS) is 11.6. The first kappa shape index (κ1) is 15.3. The highest BCUT2D eigenvalue weighted by Gasteiger charge is 2.31. The predicted molar refractivity (Wildman–Crippen MR) is 84.4 cm³/mol. The summed E-state index contributed by atoms with van der Waals surface area (Å²) in [6.45, 7) is 2.05. The third kappa shape index (κ3) is 3.34. The van der Waals surface area contributed by atoms with Crippen LogP contribution in [0.2, 0.25) is 0 Å². The first-order valence-corrected chi connectivity index (χ1v) is 7.60. The molecule has 106 valence electrons. The Hall–Kier alpha value is -1.05. The Morgan fingerprint density at radius 2 is 1.65 bits per heavy atom. The van der Waals surface area contributed by atoms with Gasteiger partial charge in [-0.05, 0) is 36.6 Å². The molecule has 0 unspecified atom stereocenters. The second kappa shape index (κ2) is 6.60. The maximum Gasteiger partial charge on any atom is 0.123 e. The van der Waals surface area contributed by atoms with Crippen molar-refractivity contribution in [3.8, 4) is 0 Å². The lowest BCUT2D eigenvalue weighted by atomic mass is 9.78. The molecule has 3 heteroatoms. The van der Waals surface area contributed by atoms with Crippen LogP contribution in [0.1, 0.15) is 16.7 Å². The summed E-state index contributed by atoms with van der Waals surface area (Å²) in [5, 5.41) is 0. The van der Waals surface area contributed by atoms with Crippen LogP contribution >= 0.6 is 23.2 Å². The molecule has 0 amide bonds. The fourth-order valence-corrected chi connectivity index (χ4v) is 3.14. The molecule has 0 N–H and O–H groups in total. The topological polar surface area (TPSA) is 0 Å². The van der Waals surface area contributed by atoms with Crippen molar-refractivity contribution >= 4 is 23.2 Å². The van der Waals surface area contributed by atoms with E-state index in [2.05, 4.69) is 25.1 Å². The summed E-state index contributed by atoms with van der Waals surface area (Å²) < 4.78 is 13.0. The number of benzene rings is 2. The van der Waals surface area contributed by atoms with E-state index in [1.807, 2.05) is 6.07 Å². The van der Waals surface area contributed by atoms with Gasteiger partial charge in [0.25, 0.3) is 0 Å². The first-order valence-electron chi connectivity index (χ1n) is 6.53. The Morgan fingerprint density at radius 1 is 1.00 bits per heavy atom. The highest BCUT2D eigenvalue weighted by atomic mass is 35.5. The molecule has 0 saturated carbocycles. The number of aryl methyl sites for hydroxylation is 1. The molecular weight excluding hydrogens is 294 g/mol. The Bertz CT molecular complexity index is 559. The largest absolute Gasteiger partial charge is 0.207 e. The van der Waals surface area contributed by atoms with Gasteiger partial charge in [0.1, 0.15) is 5.82 Å². The molecule has 0 aliphatic rings. The lowest BCUT2D eigenvalue weighted by Gasteiger charge is -2.30. The van der Waals surface area contributed by atoms with Crippen LogP contribution in [0.5, 0.6) is 0 Å². The van der Waals surface area contributed by atoms with Gasteiger partial charge in [-0.3, -0.25) is 0 Å². The molecule has 0 spiro atoms. The van der Waals surface area contributed by atoms with E-state index in [0.29, 0.717) is 18.2 Å². The summed E-state index contributed by atoms with van der Waals surface area (Å²) in [5.41, 5.74) is 3.02. The molecule has 2 aromatic carbocycles. The molecule has 0 fully saturated rings. The molecule has 0 radical (unpaired) electrons. The fraction of sp³-hybridized carbons (Fsp3) is 0.294. The van der Waals surface area contributed by atoms with E-state index in [0.717, 1.165) is 11.1 Å². The van der Waals surface area contributed by atoms with Crippen LogP contribution in [0, 0.1) is 12.7 Å². The standard InChI is InChI=1S/C17H17Cl2F/c1-13-3-2-4-15(9-13)17(11-18,12-19)10-14-5-7-16(20)8-6-14/h2-9H,10-12H2,1H3. The summed E-state index contributed by atoms with van der Waals surface area (Å²) >= 11 is 12.5. The van der Waals surface area contributed by atoms with Crippen molar-refractivity contribution in [1.82, 2.24) is 0 Å². The summed E-state index contributed by atoms with van der Waals surface area (Å²) in [6.07, 6.45) is 0.698. The van der Waals surface area contributed by atoms with Gasteiger partial charge in [-0.1, -0.05) is 42.0 Å². The van der Waals surface area contributed by atoms with Crippen LogP contribution < -0.4 is 0 Å². The fourth-order valence-electron chi connectivity index (χ4n) is 2.35. The molecule has 0 aromatic heterocycles. The van der Waals surface area contributed by atoms with Gasteiger partial charge in [0, 0.05) is 17.2 Å². The highest BCUT2D eigenvalue weighted by molar-refractivity contribution is 6.22. The van der Waals surface area contributed by atoms with Crippen molar-refractivity contribution in [1.29, 1.82) is 0 Å². The number of alkyl halides is 2. The summed E-state index contributed by atoms with van der Waals surface area (Å²) in [5.74, 6) is 0.626. The van der Waals surface area contributed by atoms with Gasteiger partial charge in [0.05, 0.1) is 0 Å². The third-order valence-corrected chi connectivity index (χ3v) is 4.62. The van der Waals surface area contributed by atoms with E-state index < -0.39 is 0 Å². The van der Waals surface area contributed by atoms with Gasteiger partial charge in [0.2, 0.25) is 0 Å². The SMILES string of the molecule is Cc1cccc(C(CCl)(CCl)Cc2ccc(F)cc2)c1. The molecular formula is C17H17Cl2F. The van der Waals surface area contributed by atoms with Crippen LogP contribution in [0.15, 0.2) is 48.5 Å². The molecule has 0 saturated heterocycles. The van der Waals surface area contributed by atoms with Crippen LogP contribution in [0.25, 0.3) is 0 Å². The molecule has 0 aliphatic heterocycles. The minimum Gasteiger partial charge on any atom is -0.207 e. The van der Waals surface area contributed by atoms with E-state index in [-0.39, 0.29) is 11.2 Å². The molecule has 0 aliphatic carbocycles. The first-order chi connectivity index (χ1) is 9.59. The number of hydrogen-bond acceptors (Lipinski definition) is 0. The van der Waals surface area contributed by atoms with Crippen LogP contribution in [0.3, 0.4) is 0 Å². The van der Waals surface area contributed by atoms with Crippen molar-refractivity contribution in [2.24, 2.45) is 0 Å². The Balaban J connectivity index is 2.36. The van der Waals surface area contributed by atoms with Gasteiger partial charge < -0.3 is 0 Å². The number of halogens is 3. The molecule has 2 aromatic rings. The molecule has 0 atom stereocenters. The Kier molecular flexibility index (Phi) is 5.06.